The van der Waals surface area contributed by atoms with E-state index in [1.165, 1.54) is 6.33 Å². The number of anilines is 1. The van der Waals surface area contributed by atoms with Crippen molar-refractivity contribution in [2.24, 2.45) is 5.92 Å². The number of nitrogens with two attached hydrogens (primary N) is 1. The van der Waals surface area contributed by atoms with Gasteiger partial charge in [0.1, 0.15) is 11.8 Å². The Morgan fingerprint density at radius 2 is 2.04 bits per heavy atom. The summed E-state index contributed by atoms with van der Waals surface area (Å²) in [5, 5.41) is 10.5. The number of aliphatic hydroxyl groups is 1. The Bertz CT molecular complexity index is 835. The number of imidazole rings is 1. The number of aromatic nitrogens is 4. The molecule has 0 bridgehead atoms. The quantitative estimate of drug-likeness (QED) is 0.738. The summed E-state index contributed by atoms with van der Waals surface area (Å²) in [7, 11) is 0. The molecular weight excluding hydrogens is 306 g/mol. The standard InChI is InChI=1S/C17H19N5O2/c18-16-14-17(20-9-19-16)22(10-21-14)13-6-12(15(13)23)8-24-7-11-4-2-1-3-5-11/h1-5,9-10,12-13,15,23H,6-8H2,(H2,18,19,20)/t12-,13-,15?/m1/s1. The summed E-state index contributed by atoms with van der Waals surface area (Å²) in [6.45, 7) is 1.10. The van der Waals surface area contributed by atoms with Crippen LogP contribution in [0.4, 0.5) is 5.82 Å². The maximum atomic E-state index is 10.5. The molecule has 0 radical (unpaired) electrons. The van der Waals surface area contributed by atoms with Crippen LogP contribution in [-0.2, 0) is 11.3 Å². The molecule has 2 heterocycles. The van der Waals surface area contributed by atoms with Crippen LogP contribution in [0.5, 0.6) is 0 Å². The summed E-state index contributed by atoms with van der Waals surface area (Å²) >= 11 is 0. The molecule has 0 spiro atoms. The molecule has 0 saturated heterocycles. The first kappa shape index (κ1) is 15.0. The summed E-state index contributed by atoms with van der Waals surface area (Å²) in [6, 6.07) is 9.98. The van der Waals surface area contributed by atoms with E-state index in [1.54, 1.807) is 6.33 Å². The SMILES string of the molecule is Nc1ncnc2c1ncn2[C@@H]1C[C@H](COCc2ccccc2)C1O. The number of ether oxygens (including phenoxy) is 1. The fourth-order valence-electron chi connectivity index (χ4n) is 3.17. The Kier molecular flexibility index (Phi) is 3.87. The van der Waals surface area contributed by atoms with E-state index in [0.29, 0.717) is 30.2 Å². The van der Waals surface area contributed by atoms with Gasteiger partial charge in [-0.3, -0.25) is 0 Å². The average Bonchev–Trinajstić information content (AvgIpc) is 3.03. The predicted molar refractivity (Wildman–Crippen MR) is 89.0 cm³/mol. The average molecular weight is 325 g/mol. The van der Waals surface area contributed by atoms with Crippen LogP contribution in [0, 0.1) is 5.92 Å². The summed E-state index contributed by atoms with van der Waals surface area (Å²) in [6.07, 6.45) is 3.44. The second kappa shape index (κ2) is 6.18. The third-order valence-electron chi connectivity index (χ3n) is 4.61. The highest BCUT2D eigenvalue weighted by Crippen LogP contribution is 2.39. The van der Waals surface area contributed by atoms with Gasteiger partial charge in [0, 0.05) is 5.92 Å². The number of nitrogens with zero attached hydrogens (tertiary/aromatic N) is 4. The molecule has 1 fully saturated rings. The van der Waals surface area contributed by atoms with E-state index in [2.05, 4.69) is 15.0 Å². The van der Waals surface area contributed by atoms with E-state index in [9.17, 15) is 5.11 Å². The van der Waals surface area contributed by atoms with Crippen molar-refractivity contribution >= 4 is 17.0 Å². The first-order valence-electron chi connectivity index (χ1n) is 7.97. The van der Waals surface area contributed by atoms with E-state index < -0.39 is 6.10 Å². The monoisotopic (exact) mass is 325 g/mol. The molecule has 7 heteroatoms. The number of benzene rings is 1. The van der Waals surface area contributed by atoms with Crippen molar-refractivity contribution in [3.05, 3.63) is 48.5 Å². The molecule has 124 valence electrons. The Hall–Kier alpha value is -2.51. The highest BCUT2D eigenvalue weighted by molar-refractivity contribution is 5.81. The van der Waals surface area contributed by atoms with Crippen molar-refractivity contribution in [3.63, 3.8) is 0 Å². The van der Waals surface area contributed by atoms with Crippen LogP contribution in [0.2, 0.25) is 0 Å². The molecule has 4 rings (SSSR count). The van der Waals surface area contributed by atoms with Gasteiger partial charge in [-0.05, 0) is 12.0 Å². The molecule has 2 aromatic heterocycles. The van der Waals surface area contributed by atoms with Gasteiger partial charge < -0.3 is 20.1 Å². The van der Waals surface area contributed by atoms with E-state index in [4.69, 9.17) is 10.5 Å². The number of fused-ring (bicyclic) bond motifs is 1. The van der Waals surface area contributed by atoms with Crippen molar-refractivity contribution < 1.29 is 9.84 Å². The van der Waals surface area contributed by atoms with Gasteiger partial charge in [0.05, 0.1) is 31.7 Å². The summed E-state index contributed by atoms with van der Waals surface area (Å²) in [5.41, 5.74) is 8.18. The van der Waals surface area contributed by atoms with Crippen LogP contribution in [-0.4, -0.2) is 37.3 Å². The zero-order chi connectivity index (χ0) is 16.5. The number of aliphatic hydroxyl groups excluding tert-OH is 1. The summed E-state index contributed by atoms with van der Waals surface area (Å²) in [5.74, 6) is 0.477. The van der Waals surface area contributed by atoms with Gasteiger partial charge in [0.2, 0.25) is 0 Å². The second-order valence-corrected chi connectivity index (χ2v) is 6.14. The molecule has 1 saturated carbocycles. The lowest BCUT2D eigenvalue weighted by Gasteiger charge is -2.41. The van der Waals surface area contributed by atoms with Crippen molar-refractivity contribution in [2.75, 3.05) is 12.3 Å². The fraction of sp³-hybridized carbons (Fsp3) is 0.353. The first-order valence-corrected chi connectivity index (χ1v) is 7.97. The predicted octanol–water partition coefficient (Wildman–Crippen LogP) is 1.55. The van der Waals surface area contributed by atoms with Gasteiger partial charge in [-0.1, -0.05) is 30.3 Å². The maximum Gasteiger partial charge on any atom is 0.165 e. The Labute approximate surface area is 139 Å². The van der Waals surface area contributed by atoms with E-state index >= 15 is 0 Å². The van der Waals surface area contributed by atoms with Crippen molar-refractivity contribution in [3.8, 4) is 0 Å². The molecule has 1 aliphatic rings. The van der Waals surface area contributed by atoms with E-state index in [1.807, 2.05) is 34.9 Å². The minimum atomic E-state index is -0.477. The first-order chi connectivity index (χ1) is 11.7. The van der Waals surface area contributed by atoms with Crippen LogP contribution in [0.25, 0.3) is 11.2 Å². The molecule has 3 N–H and O–H groups in total. The van der Waals surface area contributed by atoms with Crippen molar-refractivity contribution in [1.82, 2.24) is 19.5 Å². The van der Waals surface area contributed by atoms with Crippen LogP contribution in [0.3, 0.4) is 0 Å². The van der Waals surface area contributed by atoms with E-state index in [-0.39, 0.29) is 12.0 Å². The third kappa shape index (κ3) is 2.61. The van der Waals surface area contributed by atoms with Crippen LogP contribution >= 0.6 is 0 Å². The molecule has 1 unspecified atom stereocenters. The molecule has 1 aliphatic carbocycles. The lowest BCUT2D eigenvalue weighted by Crippen LogP contribution is -2.45. The molecule has 3 aromatic rings. The molecule has 1 aromatic carbocycles. The lowest BCUT2D eigenvalue weighted by molar-refractivity contribution is -0.0740. The van der Waals surface area contributed by atoms with Crippen LogP contribution in [0.15, 0.2) is 43.0 Å². The normalized spacial score (nSPS) is 23.3. The van der Waals surface area contributed by atoms with Gasteiger partial charge in [0.15, 0.2) is 11.5 Å². The molecular formula is C17H19N5O2. The summed E-state index contributed by atoms with van der Waals surface area (Å²) in [4.78, 5) is 12.4. The Balaban J connectivity index is 1.37. The highest BCUT2D eigenvalue weighted by Gasteiger charge is 2.41. The van der Waals surface area contributed by atoms with Gasteiger partial charge in [-0.25, -0.2) is 15.0 Å². The molecule has 0 amide bonds. The minimum Gasteiger partial charge on any atom is -0.391 e. The molecule has 3 atom stereocenters. The molecule has 7 nitrogen and oxygen atoms in total. The van der Waals surface area contributed by atoms with Gasteiger partial charge in [-0.2, -0.15) is 0 Å². The number of nitrogen functional groups attached to an aromatic ring is 1. The van der Waals surface area contributed by atoms with Gasteiger partial charge >= 0.3 is 0 Å². The van der Waals surface area contributed by atoms with Crippen LogP contribution in [0.1, 0.15) is 18.0 Å². The maximum absolute atomic E-state index is 10.5. The zero-order valence-electron chi connectivity index (χ0n) is 13.1. The molecule has 24 heavy (non-hydrogen) atoms. The number of hydrogen-bond acceptors (Lipinski definition) is 6. The minimum absolute atomic E-state index is 0.0466. The van der Waals surface area contributed by atoms with Gasteiger partial charge in [-0.15, -0.1) is 0 Å². The number of hydrogen-bond donors (Lipinski definition) is 2. The molecule has 0 aliphatic heterocycles. The smallest absolute Gasteiger partial charge is 0.165 e. The van der Waals surface area contributed by atoms with E-state index in [0.717, 1.165) is 12.0 Å². The van der Waals surface area contributed by atoms with Crippen molar-refractivity contribution in [2.45, 2.75) is 25.2 Å². The third-order valence-corrected chi connectivity index (χ3v) is 4.61. The Morgan fingerprint density at radius 3 is 2.83 bits per heavy atom. The van der Waals surface area contributed by atoms with Crippen LogP contribution < -0.4 is 5.73 Å². The second-order valence-electron chi connectivity index (χ2n) is 6.14. The zero-order valence-corrected chi connectivity index (χ0v) is 13.1. The lowest BCUT2D eigenvalue weighted by atomic mass is 9.77. The number of rotatable bonds is 5. The fourth-order valence-corrected chi connectivity index (χ4v) is 3.17. The highest BCUT2D eigenvalue weighted by atomic mass is 16.5. The summed E-state index contributed by atoms with van der Waals surface area (Å²) < 4.78 is 7.62. The van der Waals surface area contributed by atoms with Crippen molar-refractivity contribution in [1.29, 1.82) is 0 Å². The topological polar surface area (TPSA) is 99.1 Å². The Morgan fingerprint density at radius 1 is 1.21 bits per heavy atom. The van der Waals surface area contributed by atoms with Gasteiger partial charge in [0.25, 0.3) is 0 Å². The largest absolute Gasteiger partial charge is 0.391 e.